The summed E-state index contributed by atoms with van der Waals surface area (Å²) in [7, 11) is 0. The van der Waals surface area contributed by atoms with E-state index in [4.69, 9.17) is 34.9 Å². The molecule has 0 atom stereocenters. The van der Waals surface area contributed by atoms with E-state index in [0.717, 1.165) is 100 Å². The van der Waals surface area contributed by atoms with Crippen molar-refractivity contribution in [1.82, 2.24) is 48.6 Å². The van der Waals surface area contributed by atoms with Crippen LogP contribution in [0.25, 0.3) is 128 Å². The number of pyridine rings is 4. The van der Waals surface area contributed by atoms with Crippen LogP contribution in [0.1, 0.15) is 52.7 Å². The van der Waals surface area contributed by atoms with E-state index in [9.17, 15) is 0 Å². The van der Waals surface area contributed by atoms with Gasteiger partial charge in [0.15, 0.2) is 17.5 Å². The third-order valence-electron chi connectivity index (χ3n) is 15.0. The van der Waals surface area contributed by atoms with Crippen LogP contribution in [-0.4, -0.2) is 48.6 Å². The molecule has 6 aromatic carbocycles. The van der Waals surface area contributed by atoms with Crippen LogP contribution < -0.4 is 0 Å². The van der Waals surface area contributed by atoms with Gasteiger partial charge in [0.2, 0.25) is 0 Å². The Morgan fingerprint density at radius 3 is 1.01 bits per heavy atom. The molecule has 8 heterocycles. The largest absolute Gasteiger partial charge is 0.305 e. The molecule has 0 bridgehead atoms. The van der Waals surface area contributed by atoms with Gasteiger partial charge < -0.3 is 13.7 Å². The van der Waals surface area contributed by atoms with Gasteiger partial charge in [0, 0.05) is 52.3 Å². The Labute approximate surface area is 445 Å². The highest BCUT2D eigenvalue weighted by Gasteiger charge is 2.29. The lowest BCUT2D eigenvalue weighted by atomic mass is 9.85. The van der Waals surface area contributed by atoms with E-state index >= 15 is 0 Å². The van der Waals surface area contributed by atoms with Crippen molar-refractivity contribution in [3.63, 3.8) is 0 Å². The van der Waals surface area contributed by atoms with Crippen LogP contribution in [0, 0.1) is 0 Å². The molecule has 0 aliphatic heterocycles. The number of hydrogen-bond donors (Lipinski definition) is 0. The normalized spacial score (nSPS) is 12.3. The first kappa shape index (κ1) is 45.9. The molecule has 0 saturated carbocycles. The first-order valence-electron chi connectivity index (χ1n) is 26.1. The Kier molecular flexibility index (Phi) is 10.4. The molecule has 0 amide bonds. The van der Waals surface area contributed by atoms with Gasteiger partial charge in [-0.05, 0) is 118 Å². The third kappa shape index (κ3) is 7.58. The maximum atomic E-state index is 5.09. The minimum atomic E-state index is -0.0817. The lowest BCUT2D eigenvalue weighted by Crippen LogP contribution is -2.11. The summed E-state index contributed by atoms with van der Waals surface area (Å²) in [6.07, 6.45) is 7.42. The maximum absolute atomic E-state index is 5.09. The first-order valence-corrected chi connectivity index (χ1v) is 26.1. The SMILES string of the molecule is CC(C)(C)c1ccc2c(c1)c1cc(C(C)(C)C)ccc1n2-c1c(-n2c3cccnc3c3ncccc32)cc(-c2ccc(-c3nc(-c4ccccc4)nc(-c4ccccc4)n3)cc2)cc1-n1c2cccnc2c2ncccc21. The van der Waals surface area contributed by atoms with Crippen LogP contribution in [0.15, 0.2) is 207 Å². The lowest BCUT2D eigenvalue weighted by Gasteiger charge is -2.24. The molecule has 0 saturated heterocycles. The molecule has 0 radical (unpaired) electrons. The van der Waals surface area contributed by atoms with Crippen LogP contribution in [0.5, 0.6) is 0 Å². The highest BCUT2D eigenvalue weighted by Crippen LogP contribution is 2.45. The fraction of sp³-hybridized carbons (Fsp3) is 0.119. The summed E-state index contributed by atoms with van der Waals surface area (Å²) in [4.78, 5) is 35.2. The van der Waals surface area contributed by atoms with Crippen LogP contribution in [0.3, 0.4) is 0 Å². The fourth-order valence-electron chi connectivity index (χ4n) is 11.1. The zero-order valence-electron chi connectivity index (χ0n) is 43.6. The average Bonchev–Trinajstić information content (AvgIpc) is 4.21. The van der Waals surface area contributed by atoms with Gasteiger partial charge in [-0.15, -0.1) is 0 Å². The van der Waals surface area contributed by atoms with Crippen molar-refractivity contribution in [2.45, 2.75) is 52.4 Å². The number of fused-ring (bicyclic) bond motifs is 9. The number of rotatable bonds is 7. The van der Waals surface area contributed by atoms with Crippen molar-refractivity contribution in [3.8, 4) is 62.4 Å². The highest BCUT2D eigenvalue weighted by molar-refractivity contribution is 6.12. The van der Waals surface area contributed by atoms with Crippen molar-refractivity contribution in [3.05, 3.63) is 218 Å². The number of nitrogens with zero attached hydrogens (tertiary/aromatic N) is 10. The van der Waals surface area contributed by atoms with E-state index in [1.54, 1.807) is 0 Å². The smallest absolute Gasteiger partial charge is 0.164 e. The molecule has 370 valence electrons. The molecule has 10 nitrogen and oxygen atoms in total. The van der Waals surface area contributed by atoms with Crippen molar-refractivity contribution >= 4 is 65.9 Å². The minimum Gasteiger partial charge on any atom is -0.305 e. The van der Waals surface area contributed by atoms with Crippen LogP contribution in [-0.2, 0) is 10.8 Å². The average molecular weight is 997 g/mol. The first-order chi connectivity index (χ1) is 37.5. The van der Waals surface area contributed by atoms with Gasteiger partial charge in [-0.1, -0.05) is 139 Å². The molecule has 0 N–H and O–H groups in total. The molecule has 77 heavy (non-hydrogen) atoms. The topological polar surface area (TPSA) is 105 Å². The van der Waals surface area contributed by atoms with E-state index in [-0.39, 0.29) is 10.8 Å². The maximum Gasteiger partial charge on any atom is 0.164 e. The van der Waals surface area contributed by atoms with E-state index in [2.05, 4.69) is 152 Å². The summed E-state index contributed by atoms with van der Waals surface area (Å²) in [5, 5.41) is 2.38. The van der Waals surface area contributed by atoms with Crippen LogP contribution in [0.2, 0.25) is 0 Å². The van der Waals surface area contributed by atoms with Crippen molar-refractivity contribution < 1.29 is 0 Å². The molecule has 14 rings (SSSR count). The van der Waals surface area contributed by atoms with Gasteiger partial charge in [0.1, 0.15) is 22.1 Å². The van der Waals surface area contributed by atoms with Crippen molar-refractivity contribution in [2.75, 3.05) is 0 Å². The molecular formula is C67H52N10. The molecule has 0 unspecified atom stereocenters. The highest BCUT2D eigenvalue weighted by atomic mass is 15.1. The monoisotopic (exact) mass is 996 g/mol. The second kappa shape index (κ2) is 17.5. The Balaban J connectivity index is 1.11. The molecule has 0 fully saturated rings. The number of hydrogen-bond acceptors (Lipinski definition) is 7. The standard InChI is InChI=1S/C67H52N10/c1-66(2,3)46-29-31-50-48(39-46)49-40-47(67(4,5)6)30-32-51(49)77(50)62-56(75-52-21-13-33-68-58(52)59-53(75)22-14-34-69-59)37-45(38-57(62)76-54-23-15-35-70-60(54)61-55(76)24-16-36-71-61)41-25-27-44(28-26-41)65-73-63(42-17-9-7-10-18-42)72-64(74-65)43-19-11-8-12-20-43/h7-40H,1-6H3. The summed E-state index contributed by atoms with van der Waals surface area (Å²) in [5.41, 5.74) is 19.2. The molecule has 0 spiro atoms. The summed E-state index contributed by atoms with van der Waals surface area (Å²) in [5.74, 6) is 1.82. The third-order valence-corrected chi connectivity index (χ3v) is 15.0. The van der Waals surface area contributed by atoms with Gasteiger partial charge in [-0.25, -0.2) is 15.0 Å². The Morgan fingerprint density at radius 2 is 0.649 bits per heavy atom. The van der Waals surface area contributed by atoms with E-state index < -0.39 is 0 Å². The fourth-order valence-corrected chi connectivity index (χ4v) is 11.1. The summed E-state index contributed by atoms with van der Waals surface area (Å²) in [6, 6.07) is 64.2. The Morgan fingerprint density at radius 1 is 0.299 bits per heavy atom. The summed E-state index contributed by atoms with van der Waals surface area (Å²) >= 11 is 0. The van der Waals surface area contributed by atoms with Crippen LogP contribution in [0.4, 0.5) is 0 Å². The summed E-state index contributed by atoms with van der Waals surface area (Å²) < 4.78 is 7.21. The molecule has 0 aliphatic rings. The number of benzene rings is 6. The minimum absolute atomic E-state index is 0.0817. The zero-order valence-corrected chi connectivity index (χ0v) is 43.6. The lowest BCUT2D eigenvalue weighted by molar-refractivity contribution is 0.590. The zero-order chi connectivity index (χ0) is 52.2. The predicted molar refractivity (Wildman–Crippen MR) is 313 cm³/mol. The predicted octanol–water partition coefficient (Wildman–Crippen LogP) is 16.0. The van der Waals surface area contributed by atoms with Crippen molar-refractivity contribution in [2.24, 2.45) is 0 Å². The van der Waals surface area contributed by atoms with Crippen molar-refractivity contribution in [1.29, 1.82) is 0 Å². The van der Waals surface area contributed by atoms with E-state index in [1.807, 2.05) is 110 Å². The van der Waals surface area contributed by atoms with Gasteiger partial charge in [0.05, 0.1) is 50.2 Å². The number of aromatic nitrogens is 10. The second-order valence-corrected chi connectivity index (χ2v) is 21.9. The Hall–Kier alpha value is -9.67. The second-order valence-electron chi connectivity index (χ2n) is 21.9. The molecule has 14 aromatic rings. The van der Waals surface area contributed by atoms with Gasteiger partial charge in [-0.2, -0.15) is 0 Å². The molecular weight excluding hydrogens is 945 g/mol. The Bertz CT molecular complexity index is 4260. The quantitative estimate of drug-likeness (QED) is 0.157. The molecule has 8 aromatic heterocycles. The van der Waals surface area contributed by atoms with E-state index in [0.29, 0.717) is 17.5 Å². The summed E-state index contributed by atoms with van der Waals surface area (Å²) in [6.45, 7) is 13.7. The van der Waals surface area contributed by atoms with Gasteiger partial charge in [-0.3, -0.25) is 19.9 Å². The van der Waals surface area contributed by atoms with E-state index in [1.165, 1.54) is 21.9 Å². The molecule has 10 heteroatoms. The molecule has 0 aliphatic carbocycles. The van der Waals surface area contributed by atoms with Gasteiger partial charge >= 0.3 is 0 Å². The van der Waals surface area contributed by atoms with Gasteiger partial charge in [0.25, 0.3) is 0 Å². The van der Waals surface area contributed by atoms with Crippen LogP contribution >= 0.6 is 0 Å².